The van der Waals surface area contributed by atoms with E-state index in [1.54, 1.807) is 0 Å². The summed E-state index contributed by atoms with van der Waals surface area (Å²) in [7, 11) is 1.90. The first-order valence-electron chi connectivity index (χ1n) is 9.50. The van der Waals surface area contributed by atoms with Gasteiger partial charge in [0.2, 0.25) is 0 Å². The summed E-state index contributed by atoms with van der Waals surface area (Å²) in [6.07, 6.45) is 4.10. The number of ether oxygens (including phenoxy) is 2. The number of hydrogen-bond donors (Lipinski definition) is 1. The monoisotopic (exact) mass is 465 g/mol. The topological polar surface area (TPSA) is 46.1 Å². The molecular weight excluding hydrogens is 429 g/mol. The van der Waals surface area contributed by atoms with Gasteiger partial charge in [-0.1, -0.05) is 13.8 Å². The zero-order valence-electron chi connectivity index (χ0n) is 16.7. The molecule has 2 saturated heterocycles. The van der Waals surface area contributed by atoms with Crippen LogP contribution in [0.4, 0.5) is 0 Å². The molecule has 0 radical (unpaired) electrons. The van der Waals surface area contributed by atoms with E-state index < -0.39 is 0 Å². The lowest BCUT2D eigenvalue weighted by atomic mass is 9.57. The molecule has 2 heterocycles. The maximum absolute atomic E-state index is 6.14. The van der Waals surface area contributed by atoms with Crippen LogP contribution in [0.25, 0.3) is 0 Å². The quantitative estimate of drug-likeness (QED) is 0.387. The van der Waals surface area contributed by atoms with E-state index in [0.29, 0.717) is 24.2 Å². The number of nitrogens with one attached hydrogen (secondary N) is 1. The first-order chi connectivity index (χ1) is 11.2. The molecule has 3 aliphatic rings. The molecule has 0 aromatic rings. The first kappa shape index (κ1) is 21.2. The van der Waals surface area contributed by atoms with Crippen LogP contribution < -0.4 is 5.32 Å². The lowest BCUT2D eigenvalue weighted by Gasteiger charge is -2.55. The minimum atomic E-state index is -0.0554. The first-order valence-corrected chi connectivity index (χ1v) is 9.50. The van der Waals surface area contributed by atoms with Gasteiger partial charge in [-0.2, -0.15) is 0 Å². The van der Waals surface area contributed by atoms with Crippen molar-refractivity contribution in [2.45, 2.75) is 77.7 Å². The Morgan fingerprint density at radius 1 is 1.20 bits per heavy atom. The third-order valence-corrected chi connectivity index (χ3v) is 5.86. The molecule has 0 bridgehead atoms. The van der Waals surface area contributed by atoms with Gasteiger partial charge >= 0.3 is 0 Å². The second kappa shape index (κ2) is 7.89. The van der Waals surface area contributed by atoms with Crippen molar-refractivity contribution in [3.63, 3.8) is 0 Å². The standard InChI is InChI=1S/C19H35N3O2.HI/c1-18(2,3)24-13-7-10-22(11-8-13)17(20-6)21-15-14-9-12-23-16(14)19(15,4)5;/h13-16H,7-12H2,1-6H3,(H,20,21);1H. The second-order valence-electron chi connectivity index (χ2n) is 9.15. The van der Waals surface area contributed by atoms with Crippen molar-refractivity contribution in [3.8, 4) is 0 Å². The number of fused-ring (bicyclic) bond motifs is 1. The predicted molar refractivity (Wildman–Crippen MR) is 113 cm³/mol. The molecule has 1 N–H and O–H groups in total. The molecule has 0 amide bonds. The van der Waals surface area contributed by atoms with Crippen LogP contribution in [0.3, 0.4) is 0 Å². The third kappa shape index (κ3) is 4.43. The Morgan fingerprint density at radius 3 is 2.40 bits per heavy atom. The van der Waals surface area contributed by atoms with Crippen LogP contribution in [0, 0.1) is 11.3 Å². The highest BCUT2D eigenvalue weighted by atomic mass is 127. The number of aliphatic imine (C=N–C) groups is 1. The van der Waals surface area contributed by atoms with Crippen molar-refractivity contribution in [2.24, 2.45) is 16.3 Å². The van der Waals surface area contributed by atoms with Gasteiger partial charge < -0.3 is 19.7 Å². The fraction of sp³-hybridized carbons (Fsp3) is 0.947. The fourth-order valence-electron chi connectivity index (χ4n) is 4.74. The van der Waals surface area contributed by atoms with Crippen molar-refractivity contribution in [3.05, 3.63) is 0 Å². The molecule has 1 aliphatic carbocycles. The van der Waals surface area contributed by atoms with E-state index in [4.69, 9.17) is 9.47 Å². The van der Waals surface area contributed by atoms with Gasteiger partial charge in [0.25, 0.3) is 0 Å². The van der Waals surface area contributed by atoms with Crippen molar-refractivity contribution in [2.75, 3.05) is 26.7 Å². The van der Waals surface area contributed by atoms with E-state index in [0.717, 1.165) is 38.5 Å². The summed E-state index contributed by atoms with van der Waals surface area (Å²) in [6.45, 7) is 14.0. The largest absolute Gasteiger partial charge is 0.377 e. The Bertz CT molecular complexity index is 482. The van der Waals surface area contributed by atoms with Gasteiger partial charge in [-0.05, 0) is 40.0 Å². The Morgan fingerprint density at radius 2 is 1.84 bits per heavy atom. The number of guanidine groups is 1. The van der Waals surface area contributed by atoms with Gasteiger partial charge in [-0.25, -0.2) is 0 Å². The molecule has 3 unspecified atom stereocenters. The Hall–Kier alpha value is -0.0800. The molecule has 3 fully saturated rings. The number of nitrogens with zero attached hydrogens (tertiary/aromatic N) is 2. The van der Waals surface area contributed by atoms with Gasteiger partial charge in [0.15, 0.2) is 5.96 Å². The smallest absolute Gasteiger partial charge is 0.193 e. The van der Waals surface area contributed by atoms with Crippen LogP contribution in [0.15, 0.2) is 4.99 Å². The van der Waals surface area contributed by atoms with E-state index in [-0.39, 0.29) is 35.0 Å². The SMILES string of the molecule is CN=C(NC1C2CCOC2C1(C)C)N1CCC(OC(C)(C)C)CC1.I. The summed E-state index contributed by atoms with van der Waals surface area (Å²) >= 11 is 0. The zero-order valence-corrected chi connectivity index (χ0v) is 19.0. The van der Waals surface area contributed by atoms with Crippen molar-refractivity contribution in [1.29, 1.82) is 0 Å². The van der Waals surface area contributed by atoms with Gasteiger partial charge in [0, 0.05) is 44.1 Å². The molecule has 3 atom stereocenters. The Balaban J connectivity index is 0.00000225. The van der Waals surface area contributed by atoms with Gasteiger partial charge in [0.05, 0.1) is 17.8 Å². The van der Waals surface area contributed by atoms with Crippen LogP contribution in [0.1, 0.15) is 53.9 Å². The van der Waals surface area contributed by atoms with E-state index in [1.165, 1.54) is 6.42 Å². The average Bonchev–Trinajstić information content (AvgIpc) is 2.95. The summed E-state index contributed by atoms with van der Waals surface area (Å²) in [5.41, 5.74) is 0.130. The molecule has 3 rings (SSSR count). The minimum Gasteiger partial charge on any atom is -0.377 e. The van der Waals surface area contributed by atoms with E-state index in [1.807, 2.05) is 7.05 Å². The highest BCUT2D eigenvalue weighted by Crippen LogP contribution is 2.52. The number of halogens is 1. The van der Waals surface area contributed by atoms with E-state index in [2.05, 4.69) is 49.8 Å². The zero-order chi connectivity index (χ0) is 17.5. The average molecular weight is 465 g/mol. The summed E-state index contributed by atoms with van der Waals surface area (Å²) < 4.78 is 12.0. The minimum absolute atomic E-state index is 0. The molecular formula is C19H36IN3O2. The van der Waals surface area contributed by atoms with E-state index in [9.17, 15) is 0 Å². The molecule has 0 aromatic heterocycles. The van der Waals surface area contributed by atoms with Crippen LogP contribution >= 0.6 is 24.0 Å². The Kier molecular flexibility index (Phi) is 6.69. The maximum atomic E-state index is 6.14. The van der Waals surface area contributed by atoms with Gasteiger partial charge in [-0.15, -0.1) is 24.0 Å². The molecule has 0 spiro atoms. The Labute approximate surface area is 170 Å². The lowest BCUT2D eigenvalue weighted by Crippen LogP contribution is -2.68. The summed E-state index contributed by atoms with van der Waals surface area (Å²) in [5, 5.41) is 3.75. The van der Waals surface area contributed by atoms with Crippen molar-refractivity contribution in [1.82, 2.24) is 10.2 Å². The lowest BCUT2D eigenvalue weighted by molar-refractivity contribution is -0.108. The maximum Gasteiger partial charge on any atom is 0.193 e. The van der Waals surface area contributed by atoms with Crippen LogP contribution in [-0.4, -0.2) is 61.5 Å². The number of rotatable bonds is 2. The van der Waals surface area contributed by atoms with Gasteiger partial charge in [-0.3, -0.25) is 4.99 Å². The summed E-state index contributed by atoms with van der Waals surface area (Å²) in [4.78, 5) is 6.95. The normalized spacial score (nSPS) is 32.6. The fourth-order valence-corrected chi connectivity index (χ4v) is 4.74. The van der Waals surface area contributed by atoms with Crippen LogP contribution in [-0.2, 0) is 9.47 Å². The predicted octanol–water partition coefficient (Wildman–Crippen LogP) is 3.27. The highest BCUT2D eigenvalue weighted by molar-refractivity contribution is 14.0. The van der Waals surface area contributed by atoms with E-state index >= 15 is 0 Å². The molecule has 1 saturated carbocycles. The molecule has 2 aliphatic heterocycles. The number of hydrogen-bond acceptors (Lipinski definition) is 3. The second-order valence-corrected chi connectivity index (χ2v) is 9.15. The van der Waals surface area contributed by atoms with Crippen molar-refractivity contribution >= 4 is 29.9 Å². The van der Waals surface area contributed by atoms with Crippen molar-refractivity contribution < 1.29 is 9.47 Å². The summed E-state index contributed by atoms with van der Waals surface area (Å²) in [5.74, 6) is 1.69. The summed E-state index contributed by atoms with van der Waals surface area (Å²) in [6, 6.07) is 0.465. The molecule has 5 nitrogen and oxygen atoms in total. The molecule has 146 valence electrons. The molecule has 25 heavy (non-hydrogen) atoms. The van der Waals surface area contributed by atoms with Gasteiger partial charge in [0.1, 0.15) is 0 Å². The third-order valence-electron chi connectivity index (χ3n) is 5.86. The van der Waals surface area contributed by atoms with Crippen LogP contribution in [0.2, 0.25) is 0 Å². The highest BCUT2D eigenvalue weighted by Gasteiger charge is 2.59. The number of piperidine rings is 1. The molecule has 6 heteroatoms. The number of likely N-dealkylation sites (tertiary alicyclic amines) is 1. The van der Waals surface area contributed by atoms with Crippen LogP contribution in [0.5, 0.6) is 0 Å². The molecule has 0 aromatic carbocycles.